The standard InChI is InChI=1S/C9H15N2O4.Y/c1-4-7-15-9(12)10(3)8(2)5-6-11(13)14;/h4H,1,5-7H2,2-3H3;/q-1;. The van der Waals surface area contributed by atoms with Gasteiger partial charge in [-0.05, 0) is 7.05 Å². The van der Waals surface area contributed by atoms with Gasteiger partial charge in [-0.1, -0.05) is 19.1 Å². The van der Waals surface area contributed by atoms with Crippen molar-refractivity contribution in [2.75, 3.05) is 20.2 Å². The van der Waals surface area contributed by atoms with Crippen LogP contribution in [0.3, 0.4) is 0 Å². The molecule has 0 fully saturated rings. The molecule has 6 nitrogen and oxygen atoms in total. The molecule has 1 radical (unpaired) electrons. The van der Waals surface area contributed by atoms with Gasteiger partial charge in [-0.15, -0.1) is 0 Å². The van der Waals surface area contributed by atoms with Gasteiger partial charge in [0.05, 0.1) is 0 Å². The zero-order chi connectivity index (χ0) is 11.8. The van der Waals surface area contributed by atoms with Gasteiger partial charge in [0.25, 0.3) is 0 Å². The average molecular weight is 304 g/mol. The predicted octanol–water partition coefficient (Wildman–Crippen LogP) is 1.46. The molecule has 0 aliphatic carbocycles. The fraction of sp³-hybridized carbons (Fsp3) is 0.556. The van der Waals surface area contributed by atoms with Crippen LogP contribution < -0.4 is 0 Å². The number of hydrogen-bond acceptors (Lipinski definition) is 4. The van der Waals surface area contributed by atoms with E-state index in [2.05, 4.69) is 6.58 Å². The molecule has 0 spiro atoms. The van der Waals surface area contributed by atoms with Crippen LogP contribution in [0.15, 0.2) is 12.7 Å². The van der Waals surface area contributed by atoms with Crippen molar-refractivity contribution in [3.05, 3.63) is 28.8 Å². The molecule has 0 aromatic carbocycles. The van der Waals surface area contributed by atoms with Crippen LogP contribution in [0.4, 0.5) is 4.79 Å². The number of carbonyl (C=O) groups excluding carboxylic acids is 1. The number of nitrogens with zero attached hydrogens (tertiary/aromatic N) is 2. The van der Waals surface area contributed by atoms with E-state index in [0.29, 0.717) is 6.04 Å². The van der Waals surface area contributed by atoms with Gasteiger partial charge in [-0.3, -0.25) is 10.1 Å². The molecule has 0 aromatic rings. The van der Waals surface area contributed by atoms with Crippen molar-refractivity contribution in [2.24, 2.45) is 0 Å². The fourth-order valence-corrected chi connectivity index (χ4v) is 0.804. The van der Waals surface area contributed by atoms with Crippen LogP contribution >= 0.6 is 0 Å². The van der Waals surface area contributed by atoms with Crippen molar-refractivity contribution >= 4 is 6.09 Å². The monoisotopic (exact) mass is 304 g/mol. The van der Waals surface area contributed by atoms with Gasteiger partial charge >= 0.3 is 6.09 Å². The molecule has 0 aromatic heterocycles. The second-order valence-electron chi connectivity index (χ2n) is 2.97. The van der Waals surface area contributed by atoms with Crippen LogP contribution in [-0.2, 0) is 37.4 Å². The van der Waals surface area contributed by atoms with Crippen molar-refractivity contribution < 1.29 is 47.2 Å². The van der Waals surface area contributed by atoms with Crippen LogP contribution in [-0.4, -0.2) is 36.1 Å². The first-order valence-electron chi connectivity index (χ1n) is 4.44. The Morgan fingerprint density at radius 1 is 1.69 bits per heavy atom. The van der Waals surface area contributed by atoms with Crippen LogP contribution in [0.1, 0.15) is 13.3 Å². The molecule has 0 saturated heterocycles. The first-order chi connectivity index (χ1) is 6.99. The summed E-state index contributed by atoms with van der Waals surface area (Å²) in [5.41, 5.74) is 0. The molecule has 0 aliphatic heterocycles. The van der Waals surface area contributed by atoms with Gasteiger partial charge in [0.1, 0.15) is 6.61 Å². The number of ether oxygens (including phenoxy) is 1. The number of amides is 1. The molecule has 0 atom stereocenters. The Morgan fingerprint density at radius 3 is 2.69 bits per heavy atom. The van der Waals surface area contributed by atoms with Crippen molar-refractivity contribution in [3.63, 3.8) is 0 Å². The number of hydrogen-bond donors (Lipinski definition) is 0. The molecule has 0 rings (SSSR count). The van der Waals surface area contributed by atoms with Crippen LogP contribution in [0.25, 0.3) is 0 Å². The minimum atomic E-state index is -0.532. The summed E-state index contributed by atoms with van der Waals surface area (Å²) in [5, 5.41) is 10.1. The number of nitro groups is 1. The van der Waals surface area contributed by atoms with Crippen molar-refractivity contribution in [1.29, 1.82) is 0 Å². The summed E-state index contributed by atoms with van der Waals surface area (Å²) < 4.78 is 4.76. The van der Waals surface area contributed by atoms with Gasteiger partial charge in [0, 0.05) is 37.6 Å². The zero-order valence-corrected chi connectivity index (χ0v) is 12.3. The molecular formula is C9H15N2O4Y-. The van der Waals surface area contributed by atoms with Gasteiger partial charge in [0.2, 0.25) is 0 Å². The smallest absolute Gasteiger partial charge is 0.380 e. The fourth-order valence-electron chi connectivity index (χ4n) is 0.804. The third-order valence-corrected chi connectivity index (χ3v) is 1.83. The van der Waals surface area contributed by atoms with E-state index in [0.717, 1.165) is 0 Å². The minimum Gasteiger partial charge on any atom is -0.457 e. The summed E-state index contributed by atoms with van der Waals surface area (Å²) in [6.45, 7) is 5.00. The first kappa shape index (κ1) is 17.9. The first-order valence-corrected chi connectivity index (χ1v) is 4.44. The molecule has 0 saturated carbocycles. The second-order valence-corrected chi connectivity index (χ2v) is 2.97. The van der Waals surface area contributed by atoms with Crippen molar-refractivity contribution in [2.45, 2.75) is 13.3 Å². The van der Waals surface area contributed by atoms with E-state index in [9.17, 15) is 14.9 Å². The Kier molecular flexibility index (Phi) is 10.9. The van der Waals surface area contributed by atoms with Crippen LogP contribution in [0.5, 0.6) is 0 Å². The summed E-state index contributed by atoms with van der Waals surface area (Å²) in [6.07, 6.45) is 1.15. The van der Waals surface area contributed by atoms with E-state index in [4.69, 9.17) is 4.74 Å². The Hall–Kier alpha value is -0.486. The largest absolute Gasteiger partial charge is 0.457 e. The predicted molar refractivity (Wildman–Crippen MR) is 54.7 cm³/mol. The third-order valence-electron chi connectivity index (χ3n) is 1.83. The van der Waals surface area contributed by atoms with E-state index in [1.54, 1.807) is 6.92 Å². The molecule has 1 amide bonds. The van der Waals surface area contributed by atoms with Crippen LogP contribution in [0, 0.1) is 16.2 Å². The Morgan fingerprint density at radius 2 is 2.25 bits per heavy atom. The van der Waals surface area contributed by atoms with Crippen LogP contribution in [0.2, 0.25) is 0 Å². The molecule has 0 heterocycles. The molecule has 16 heavy (non-hydrogen) atoms. The summed E-state index contributed by atoms with van der Waals surface area (Å²) in [7, 11) is 1.51. The SMILES string of the molecule is C=CCOC(=O)N(C)[C-](C)CC[N+](=O)[O-].[Y]. The van der Waals surface area contributed by atoms with E-state index in [1.807, 2.05) is 0 Å². The Balaban J connectivity index is 0. The minimum absolute atomic E-state index is 0. The Labute approximate surface area is 120 Å². The zero-order valence-electron chi connectivity index (χ0n) is 9.51. The number of carbonyl (C=O) groups is 1. The topological polar surface area (TPSA) is 72.7 Å². The quantitative estimate of drug-likeness (QED) is 0.322. The second kappa shape index (κ2) is 9.72. The summed E-state index contributed by atoms with van der Waals surface area (Å²) >= 11 is 0. The van der Waals surface area contributed by atoms with Gasteiger partial charge in [-0.25, -0.2) is 10.8 Å². The molecular weight excluding hydrogens is 289 g/mol. The van der Waals surface area contributed by atoms with E-state index in [1.165, 1.54) is 18.0 Å². The molecule has 0 aliphatic rings. The van der Waals surface area contributed by atoms with E-state index < -0.39 is 11.0 Å². The summed E-state index contributed by atoms with van der Waals surface area (Å²) in [6, 6.07) is 0.598. The molecule has 0 unspecified atom stereocenters. The molecule has 89 valence electrons. The van der Waals surface area contributed by atoms with Gasteiger partial charge in [-0.2, -0.15) is 6.92 Å². The van der Waals surface area contributed by atoms with Gasteiger partial charge in [0.15, 0.2) is 6.54 Å². The maximum absolute atomic E-state index is 11.3. The number of rotatable bonds is 6. The third kappa shape index (κ3) is 7.76. The maximum atomic E-state index is 11.3. The van der Waals surface area contributed by atoms with Gasteiger partial charge < -0.3 is 9.64 Å². The maximum Gasteiger partial charge on any atom is 0.380 e. The molecule has 0 bridgehead atoms. The van der Waals surface area contributed by atoms with Crippen molar-refractivity contribution in [3.8, 4) is 0 Å². The normalized spacial score (nSPS) is 9.19. The van der Waals surface area contributed by atoms with E-state index in [-0.39, 0.29) is 52.3 Å². The summed E-state index contributed by atoms with van der Waals surface area (Å²) in [4.78, 5) is 22.2. The summed E-state index contributed by atoms with van der Waals surface area (Å²) in [5.74, 6) is 0. The van der Waals surface area contributed by atoms with Crippen molar-refractivity contribution in [1.82, 2.24) is 4.90 Å². The average Bonchev–Trinajstić information content (AvgIpc) is 2.21. The molecule has 0 N–H and O–H groups in total. The molecule has 7 heteroatoms. The Bertz CT molecular complexity index is 248. The van der Waals surface area contributed by atoms with E-state index >= 15 is 0 Å².